The van der Waals surface area contributed by atoms with E-state index < -0.39 is 5.41 Å². The Morgan fingerprint density at radius 1 is 1.48 bits per heavy atom. The van der Waals surface area contributed by atoms with Crippen LogP contribution in [0.3, 0.4) is 0 Å². The average Bonchev–Trinajstić information content (AvgIpc) is 3.18. The number of rotatable bonds is 5. The summed E-state index contributed by atoms with van der Waals surface area (Å²) in [6, 6.07) is 7.57. The second-order valence-electron chi connectivity index (χ2n) is 4.81. The zero-order valence-electron chi connectivity index (χ0n) is 11.3. The van der Waals surface area contributed by atoms with E-state index in [9.17, 15) is 4.79 Å². The van der Waals surface area contributed by atoms with Crippen molar-refractivity contribution in [2.24, 2.45) is 0 Å². The van der Waals surface area contributed by atoms with Crippen LogP contribution >= 0.6 is 23.4 Å². The summed E-state index contributed by atoms with van der Waals surface area (Å²) >= 11 is 7.62. The minimum Gasteiger partial charge on any atom is -0.468 e. The second-order valence-corrected chi connectivity index (χ2v) is 6.23. The third-order valence-electron chi connectivity index (χ3n) is 3.40. The molecule has 1 heterocycles. The summed E-state index contributed by atoms with van der Waals surface area (Å²) in [6.07, 6.45) is 1.39. The summed E-state index contributed by atoms with van der Waals surface area (Å²) in [5.41, 5.74) is -0.713. The van der Waals surface area contributed by atoms with Crippen molar-refractivity contribution in [1.29, 1.82) is 0 Å². The molecule has 0 saturated heterocycles. The van der Waals surface area contributed by atoms with Gasteiger partial charge >= 0.3 is 5.97 Å². The summed E-state index contributed by atoms with van der Waals surface area (Å²) in [6.45, 7) is 0. The van der Waals surface area contributed by atoms with Gasteiger partial charge in [0.05, 0.1) is 17.9 Å². The van der Waals surface area contributed by atoms with Crippen LogP contribution in [0, 0.1) is 0 Å². The van der Waals surface area contributed by atoms with E-state index in [2.05, 4.69) is 10.1 Å². The molecule has 0 radical (unpaired) electrons. The van der Waals surface area contributed by atoms with Crippen LogP contribution in [0.2, 0.25) is 5.02 Å². The Balaban J connectivity index is 1.69. The number of aromatic nitrogens is 2. The molecule has 7 heteroatoms. The molecule has 3 rings (SSSR count). The maximum absolute atomic E-state index is 11.8. The predicted molar refractivity (Wildman–Crippen MR) is 78.2 cm³/mol. The fourth-order valence-electron chi connectivity index (χ4n) is 2.04. The van der Waals surface area contributed by atoms with Gasteiger partial charge in [0.2, 0.25) is 5.89 Å². The number of nitrogens with zero attached hydrogens (tertiary/aromatic N) is 2. The zero-order chi connectivity index (χ0) is 14.9. The van der Waals surface area contributed by atoms with Gasteiger partial charge in [0.25, 0.3) is 0 Å². The Labute approximate surface area is 131 Å². The van der Waals surface area contributed by atoms with Crippen molar-refractivity contribution in [3.05, 3.63) is 41.0 Å². The van der Waals surface area contributed by atoms with Gasteiger partial charge in [-0.15, -0.1) is 11.8 Å². The van der Waals surface area contributed by atoms with Crippen LogP contribution in [0.5, 0.6) is 0 Å². The molecule has 0 aliphatic heterocycles. The van der Waals surface area contributed by atoms with Gasteiger partial charge in [0, 0.05) is 4.90 Å². The number of carbonyl (C=O) groups excluding carboxylic acids is 1. The van der Waals surface area contributed by atoms with Crippen molar-refractivity contribution in [2.45, 2.75) is 28.9 Å². The number of hydrogen-bond donors (Lipinski definition) is 0. The molecule has 0 atom stereocenters. The first-order valence-corrected chi connectivity index (χ1v) is 7.81. The van der Waals surface area contributed by atoms with Crippen LogP contribution in [0.25, 0.3) is 0 Å². The van der Waals surface area contributed by atoms with Crippen LogP contribution in [0.4, 0.5) is 0 Å². The minimum absolute atomic E-state index is 0.309. The van der Waals surface area contributed by atoms with Gasteiger partial charge in [-0.1, -0.05) is 28.9 Å². The van der Waals surface area contributed by atoms with Crippen LogP contribution in [-0.4, -0.2) is 23.2 Å². The highest BCUT2D eigenvalue weighted by molar-refractivity contribution is 7.98. The Bertz CT molecular complexity index is 670. The summed E-state index contributed by atoms with van der Waals surface area (Å²) in [7, 11) is 1.37. The molecule has 1 fully saturated rings. The number of thioether (sulfide) groups is 1. The molecule has 0 spiro atoms. The minimum atomic E-state index is -0.713. The smallest absolute Gasteiger partial charge is 0.321 e. The van der Waals surface area contributed by atoms with E-state index in [4.69, 9.17) is 20.9 Å². The summed E-state index contributed by atoms with van der Waals surface area (Å²) in [5, 5.41) is 4.62. The number of benzene rings is 1. The number of halogens is 1. The highest BCUT2D eigenvalue weighted by atomic mass is 35.5. The van der Waals surface area contributed by atoms with Gasteiger partial charge in [-0.05, 0) is 25.0 Å². The van der Waals surface area contributed by atoms with Gasteiger partial charge in [0.1, 0.15) is 5.41 Å². The van der Waals surface area contributed by atoms with Crippen LogP contribution < -0.4 is 0 Å². The molecule has 1 saturated carbocycles. The second kappa shape index (κ2) is 5.69. The number of esters is 1. The third-order valence-corrected chi connectivity index (χ3v) is 4.91. The third kappa shape index (κ3) is 2.78. The molecule has 1 aromatic carbocycles. The van der Waals surface area contributed by atoms with E-state index in [0.29, 0.717) is 35.3 Å². The first kappa shape index (κ1) is 14.4. The van der Waals surface area contributed by atoms with E-state index in [-0.39, 0.29) is 5.97 Å². The van der Waals surface area contributed by atoms with Crippen molar-refractivity contribution in [3.8, 4) is 0 Å². The SMILES string of the molecule is COC(=O)C1(c2nc(CSc3ccccc3Cl)no2)CC1. The number of carbonyl (C=O) groups is 1. The molecule has 0 N–H and O–H groups in total. The van der Waals surface area contributed by atoms with Crippen molar-refractivity contribution < 1.29 is 14.1 Å². The highest BCUT2D eigenvalue weighted by Crippen LogP contribution is 2.48. The summed E-state index contributed by atoms with van der Waals surface area (Å²) in [5.74, 6) is 1.12. The van der Waals surface area contributed by atoms with E-state index >= 15 is 0 Å². The van der Waals surface area contributed by atoms with E-state index in [1.165, 1.54) is 18.9 Å². The Kier molecular flexibility index (Phi) is 3.91. The molecule has 110 valence electrons. The van der Waals surface area contributed by atoms with Gasteiger partial charge < -0.3 is 9.26 Å². The van der Waals surface area contributed by atoms with Gasteiger partial charge in [0.15, 0.2) is 5.82 Å². The maximum atomic E-state index is 11.8. The molecular weight excluding hydrogens is 312 g/mol. The van der Waals surface area contributed by atoms with Crippen LogP contribution in [-0.2, 0) is 20.7 Å². The lowest BCUT2D eigenvalue weighted by molar-refractivity contribution is -0.144. The lowest BCUT2D eigenvalue weighted by atomic mass is 10.1. The van der Waals surface area contributed by atoms with Gasteiger partial charge in [-0.3, -0.25) is 4.79 Å². The van der Waals surface area contributed by atoms with Gasteiger partial charge in [-0.2, -0.15) is 4.98 Å². The number of ether oxygens (including phenoxy) is 1. The molecule has 0 bridgehead atoms. The maximum Gasteiger partial charge on any atom is 0.321 e. The topological polar surface area (TPSA) is 65.2 Å². The van der Waals surface area contributed by atoms with Crippen molar-refractivity contribution in [2.75, 3.05) is 7.11 Å². The molecule has 1 aliphatic rings. The standard InChI is InChI=1S/C14H13ClN2O3S/c1-19-13(18)14(6-7-14)12-16-11(17-20-12)8-21-10-5-3-2-4-9(10)15/h2-5H,6-8H2,1H3. The highest BCUT2D eigenvalue weighted by Gasteiger charge is 2.57. The fourth-order valence-corrected chi connectivity index (χ4v) is 3.12. The normalized spacial score (nSPS) is 15.7. The molecular formula is C14H13ClN2O3S. The van der Waals surface area contributed by atoms with Gasteiger partial charge in [-0.25, -0.2) is 0 Å². The van der Waals surface area contributed by atoms with Crippen LogP contribution in [0.15, 0.2) is 33.7 Å². The molecule has 21 heavy (non-hydrogen) atoms. The molecule has 0 amide bonds. The van der Waals surface area contributed by atoms with Crippen LogP contribution in [0.1, 0.15) is 24.6 Å². The largest absolute Gasteiger partial charge is 0.468 e. The van der Waals surface area contributed by atoms with E-state index in [1.54, 1.807) is 0 Å². The summed E-state index contributed by atoms with van der Waals surface area (Å²) < 4.78 is 10.0. The fraction of sp³-hybridized carbons (Fsp3) is 0.357. The molecule has 2 aromatic rings. The molecule has 1 aromatic heterocycles. The quantitative estimate of drug-likeness (QED) is 0.621. The Hall–Kier alpha value is -1.53. The molecule has 5 nitrogen and oxygen atoms in total. The lowest BCUT2D eigenvalue weighted by Gasteiger charge is -2.05. The molecule has 1 aliphatic carbocycles. The Morgan fingerprint density at radius 3 is 2.90 bits per heavy atom. The van der Waals surface area contributed by atoms with Crippen molar-refractivity contribution in [3.63, 3.8) is 0 Å². The zero-order valence-corrected chi connectivity index (χ0v) is 12.9. The molecule has 0 unspecified atom stereocenters. The van der Waals surface area contributed by atoms with E-state index in [1.807, 2.05) is 24.3 Å². The average molecular weight is 325 g/mol. The van der Waals surface area contributed by atoms with E-state index in [0.717, 1.165) is 4.90 Å². The monoisotopic (exact) mass is 324 g/mol. The Morgan fingerprint density at radius 2 is 2.24 bits per heavy atom. The predicted octanol–water partition coefficient (Wildman–Crippen LogP) is 3.22. The first-order chi connectivity index (χ1) is 10.2. The lowest BCUT2D eigenvalue weighted by Crippen LogP contribution is -2.22. The number of hydrogen-bond acceptors (Lipinski definition) is 6. The number of methoxy groups -OCH3 is 1. The van der Waals surface area contributed by atoms with Crippen molar-refractivity contribution in [1.82, 2.24) is 10.1 Å². The first-order valence-electron chi connectivity index (χ1n) is 6.44. The van der Waals surface area contributed by atoms with Crippen molar-refractivity contribution >= 4 is 29.3 Å². The summed E-state index contributed by atoms with van der Waals surface area (Å²) in [4.78, 5) is 17.0.